The molecule has 0 aliphatic heterocycles. The van der Waals surface area contributed by atoms with Crippen LogP contribution in [0.1, 0.15) is 39.0 Å². The van der Waals surface area contributed by atoms with E-state index in [4.69, 9.17) is 5.73 Å². The maximum atomic E-state index is 11.9. The number of nitrogens with two attached hydrogens (primary N) is 1. The predicted octanol–water partition coefficient (Wildman–Crippen LogP) is 1.08. The van der Waals surface area contributed by atoms with Gasteiger partial charge in [0.15, 0.2) is 9.84 Å². The van der Waals surface area contributed by atoms with E-state index >= 15 is 0 Å². The minimum absolute atomic E-state index is 0.0963. The van der Waals surface area contributed by atoms with Crippen molar-refractivity contribution in [1.82, 2.24) is 0 Å². The van der Waals surface area contributed by atoms with E-state index in [1.54, 1.807) is 0 Å². The van der Waals surface area contributed by atoms with Gasteiger partial charge in [0, 0.05) is 6.54 Å². The van der Waals surface area contributed by atoms with E-state index in [2.05, 4.69) is 0 Å². The molecule has 3 nitrogen and oxygen atoms in total. The Balaban J connectivity index is 2.73. The summed E-state index contributed by atoms with van der Waals surface area (Å²) in [6.07, 6.45) is 4.46. The fourth-order valence-corrected chi connectivity index (χ4v) is 4.29. The molecule has 4 heteroatoms. The summed E-state index contributed by atoms with van der Waals surface area (Å²) in [5, 5.41) is -0.406. The van der Waals surface area contributed by atoms with Crippen LogP contribution >= 0.6 is 0 Å². The Morgan fingerprint density at radius 1 is 1.38 bits per heavy atom. The first kappa shape index (κ1) is 11.0. The molecule has 1 unspecified atom stereocenters. The Bertz CT molecular complexity index is 230. The molecule has 0 amide bonds. The smallest absolute Gasteiger partial charge is 0.157 e. The van der Waals surface area contributed by atoms with Crippen LogP contribution in [0.25, 0.3) is 0 Å². The fraction of sp³-hybridized carbons (Fsp3) is 1.00. The molecule has 78 valence electrons. The highest BCUT2D eigenvalue weighted by Gasteiger charge is 2.33. The molecule has 13 heavy (non-hydrogen) atoms. The molecule has 1 fully saturated rings. The van der Waals surface area contributed by atoms with E-state index in [-0.39, 0.29) is 17.0 Å². The molecule has 2 N–H and O–H groups in total. The zero-order valence-corrected chi connectivity index (χ0v) is 9.02. The molecule has 1 saturated carbocycles. The average Bonchev–Trinajstić information content (AvgIpc) is 2.58. The van der Waals surface area contributed by atoms with Crippen LogP contribution in [0.15, 0.2) is 0 Å². The number of hydrogen-bond donors (Lipinski definition) is 1. The summed E-state index contributed by atoms with van der Waals surface area (Å²) < 4.78 is 23.8. The van der Waals surface area contributed by atoms with Gasteiger partial charge >= 0.3 is 0 Å². The highest BCUT2D eigenvalue weighted by molar-refractivity contribution is 7.92. The van der Waals surface area contributed by atoms with Crippen molar-refractivity contribution in [3.8, 4) is 0 Å². The Hall–Kier alpha value is -0.0900. The topological polar surface area (TPSA) is 60.2 Å². The van der Waals surface area contributed by atoms with Gasteiger partial charge in [-0.25, -0.2) is 8.42 Å². The third-order valence-corrected chi connectivity index (χ3v) is 5.81. The highest BCUT2D eigenvalue weighted by atomic mass is 32.2. The first-order valence-corrected chi connectivity index (χ1v) is 6.66. The van der Waals surface area contributed by atoms with Gasteiger partial charge < -0.3 is 5.73 Å². The van der Waals surface area contributed by atoms with Crippen molar-refractivity contribution in [1.29, 1.82) is 0 Å². The van der Waals surface area contributed by atoms with Crippen LogP contribution < -0.4 is 5.73 Å². The predicted molar refractivity (Wildman–Crippen MR) is 54.3 cm³/mol. The molecule has 0 heterocycles. The zero-order chi connectivity index (χ0) is 9.90. The van der Waals surface area contributed by atoms with Crippen LogP contribution in [0.4, 0.5) is 0 Å². The van der Waals surface area contributed by atoms with Crippen molar-refractivity contribution in [2.24, 2.45) is 5.73 Å². The van der Waals surface area contributed by atoms with Gasteiger partial charge in [-0.05, 0) is 19.3 Å². The van der Waals surface area contributed by atoms with Crippen molar-refractivity contribution >= 4 is 9.84 Å². The van der Waals surface area contributed by atoms with Crippen molar-refractivity contribution in [3.63, 3.8) is 0 Å². The average molecular weight is 205 g/mol. The van der Waals surface area contributed by atoms with Crippen LogP contribution in [0.3, 0.4) is 0 Å². The van der Waals surface area contributed by atoms with Gasteiger partial charge in [0.25, 0.3) is 0 Å². The molecular weight excluding hydrogens is 186 g/mol. The second kappa shape index (κ2) is 4.42. The molecule has 0 aromatic rings. The summed E-state index contributed by atoms with van der Waals surface area (Å²) in [4.78, 5) is 0. The monoisotopic (exact) mass is 205 g/mol. The Morgan fingerprint density at radius 3 is 2.31 bits per heavy atom. The van der Waals surface area contributed by atoms with Crippen molar-refractivity contribution in [3.05, 3.63) is 0 Å². The summed E-state index contributed by atoms with van der Waals surface area (Å²) in [6.45, 7) is 2.17. The van der Waals surface area contributed by atoms with Crippen LogP contribution in [-0.4, -0.2) is 25.5 Å². The SMILES string of the molecule is CCC(CN)S(=O)(=O)C1CCCC1. The lowest BCUT2D eigenvalue weighted by Gasteiger charge is -2.18. The second-order valence-electron chi connectivity index (χ2n) is 3.76. The van der Waals surface area contributed by atoms with Crippen LogP contribution in [-0.2, 0) is 9.84 Å². The van der Waals surface area contributed by atoms with Gasteiger partial charge in [0.2, 0.25) is 0 Å². The number of sulfone groups is 1. The molecule has 1 rings (SSSR count). The van der Waals surface area contributed by atoms with Crippen LogP contribution in [0.2, 0.25) is 0 Å². The van der Waals surface area contributed by atoms with E-state index < -0.39 is 9.84 Å². The van der Waals surface area contributed by atoms with E-state index in [1.165, 1.54) is 0 Å². The van der Waals surface area contributed by atoms with E-state index in [1.807, 2.05) is 6.92 Å². The third kappa shape index (κ3) is 2.23. The number of rotatable bonds is 4. The van der Waals surface area contributed by atoms with Crippen LogP contribution in [0.5, 0.6) is 0 Å². The Morgan fingerprint density at radius 2 is 1.92 bits per heavy atom. The minimum Gasteiger partial charge on any atom is -0.329 e. The van der Waals surface area contributed by atoms with Gasteiger partial charge in [0.1, 0.15) is 0 Å². The normalized spacial score (nSPS) is 22.0. The molecule has 1 aliphatic rings. The zero-order valence-electron chi connectivity index (χ0n) is 8.20. The lowest BCUT2D eigenvalue weighted by atomic mass is 10.3. The molecule has 0 spiro atoms. The van der Waals surface area contributed by atoms with Gasteiger partial charge in [-0.1, -0.05) is 19.8 Å². The standard InChI is InChI=1S/C9H19NO2S/c1-2-8(7-10)13(11,12)9-5-3-4-6-9/h8-9H,2-7,10H2,1H3. The maximum absolute atomic E-state index is 11.9. The quantitative estimate of drug-likeness (QED) is 0.747. The molecule has 0 bridgehead atoms. The van der Waals surface area contributed by atoms with Gasteiger partial charge in [-0.3, -0.25) is 0 Å². The Kier molecular flexibility index (Phi) is 3.74. The first-order valence-electron chi connectivity index (χ1n) is 5.05. The summed E-state index contributed by atoms with van der Waals surface area (Å²) >= 11 is 0. The minimum atomic E-state index is -2.93. The lowest BCUT2D eigenvalue weighted by molar-refractivity contribution is 0.559. The molecule has 0 aromatic carbocycles. The van der Waals surface area contributed by atoms with Crippen molar-refractivity contribution in [2.45, 2.75) is 49.5 Å². The van der Waals surface area contributed by atoms with Crippen LogP contribution in [0, 0.1) is 0 Å². The summed E-state index contributed by atoms with van der Waals surface area (Å²) in [5.74, 6) is 0. The van der Waals surface area contributed by atoms with Gasteiger partial charge in [-0.15, -0.1) is 0 Å². The van der Waals surface area contributed by atoms with E-state index in [9.17, 15) is 8.42 Å². The lowest BCUT2D eigenvalue weighted by Crippen LogP contribution is -2.35. The molecule has 0 saturated heterocycles. The van der Waals surface area contributed by atoms with Crippen molar-refractivity contribution < 1.29 is 8.42 Å². The molecule has 0 radical (unpaired) electrons. The van der Waals surface area contributed by atoms with E-state index in [0.29, 0.717) is 6.42 Å². The summed E-state index contributed by atoms with van der Waals surface area (Å²) in [7, 11) is -2.93. The molecule has 0 aromatic heterocycles. The molecular formula is C9H19NO2S. The molecule has 1 atom stereocenters. The second-order valence-corrected chi connectivity index (χ2v) is 6.27. The largest absolute Gasteiger partial charge is 0.329 e. The van der Waals surface area contributed by atoms with Gasteiger partial charge in [0.05, 0.1) is 10.5 Å². The highest BCUT2D eigenvalue weighted by Crippen LogP contribution is 2.27. The molecule has 1 aliphatic carbocycles. The first-order chi connectivity index (χ1) is 6.12. The van der Waals surface area contributed by atoms with Gasteiger partial charge in [-0.2, -0.15) is 0 Å². The number of hydrogen-bond acceptors (Lipinski definition) is 3. The fourth-order valence-electron chi connectivity index (χ4n) is 2.02. The van der Waals surface area contributed by atoms with Crippen molar-refractivity contribution in [2.75, 3.05) is 6.54 Å². The van der Waals surface area contributed by atoms with E-state index in [0.717, 1.165) is 25.7 Å². The summed E-state index contributed by atoms with van der Waals surface area (Å²) in [6, 6.07) is 0. The Labute approximate surface area is 80.6 Å². The third-order valence-electron chi connectivity index (χ3n) is 2.95. The maximum Gasteiger partial charge on any atom is 0.157 e. The summed E-state index contributed by atoms with van der Waals surface area (Å²) in [5.41, 5.74) is 5.46.